The van der Waals surface area contributed by atoms with Crippen molar-refractivity contribution in [2.45, 2.75) is 6.17 Å². The van der Waals surface area contributed by atoms with E-state index in [2.05, 4.69) is 27.0 Å². The molecule has 0 aromatic heterocycles. The summed E-state index contributed by atoms with van der Waals surface area (Å²) in [6, 6.07) is 0. The molecule has 6 nitrogen and oxygen atoms in total. The summed E-state index contributed by atoms with van der Waals surface area (Å²) < 4.78 is 0. The molecular weight excluding hydrogens is 228 g/mol. The van der Waals surface area contributed by atoms with E-state index in [-0.39, 0.29) is 6.17 Å². The summed E-state index contributed by atoms with van der Waals surface area (Å²) in [7, 11) is 1.86. The van der Waals surface area contributed by atoms with Crippen LogP contribution in [-0.4, -0.2) is 30.6 Å². The molecule has 0 bridgehead atoms. The van der Waals surface area contributed by atoms with Crippen LogP contribution in [0.3, 0.4) is 0 Å². The lowest BCUT2D eigenvalue weighted by atomic mass is 10.0. The lowest BCUT2D eigenvalue weighted by Gasteiger charge is -2.24. The number of hydrogen-bond acceptors (Lipinski definition) is 6. The van der Waals surface area contributed by atoms with E-state index < -0.39 is 0 Å². The molecule has 0 saturated carbocycles. The Balaban J connectivity index is 1.95. The lowest BCUT2D eigenvalue weighted by Crippen LogP contribution is -2.43. The van der Waals surface area contributed by atoms with Crippen molar-refractivity contribution >= 4 is 5.84 Å². The van der Waals surface area contributed by atoms with E-state index in [0.29, 0.717) is 0 Å². The van der Waals surface area contributed by atoms with Crippen LogP contribution in [0.5, 0.6) is 0 Å². The predicted molar refractivity (Wildman–Crippen MR) is 70.8 cm³/mol. The molecule has 5 N–H and O–H groups in total. The Morgan fingerprint density at radius 2 is 2.44 bits per heavy atom. The van der Waals surface area contributed by atoms with Gasteiger partial charge < -0.3 is 16.0 Å². The number of nitrogens with one attached hydrogen (secondary N) is 3. The Morgan fingerprint density at radius 3 is 3.28 bits per heavy atom. The highest BCUT2D eigenvalue weighted by Crippen LogP contribution is 2.27. The Hall–Kier alpha value is -2.21. The van der Waals surface area contributed by atoms with Crippen molar-refractivity contribution < 1.29 is 0 Å². The molecule has 3 rings (SSSR count). The number of hydrogen-bond donors (Lipinski definition) is 4. The standard InChI is InChI=1S/C12H16N6/c1-14-10-4-6-15-11(17-10)9-7-18(13)12-8(9)3-2-5-16-12/h2-5,7,12,14,16H,6,13H2,1H3,(H,15,17). The van der Waals surface area contributed by atoms with Crippen LogP contribution in [0.4, 0.5) is 0 Å². The van der Waals surface area contributed by atoms with Gasteiger partial charge in [0.25, 0.3) is 0 Å². The first-order chi connectivity index (χ1) is 8.79. The fraction of sp³-hybridized carbons (Fsp3) is 0.250. The maximum absolute atomic E-state index is 5.96. The quantitative estimate of drug-likeness (QED) is 0.492. The van der Waals surface area contributed by atoms with Gasteiger partial charge in [-0.25, -0.2) is 10.8 Å². The Labute approximate surface area is 106 Å². The van der Waals surface area contributed by atoms with E-state index in [1.807, 2.05) is 31.6 Å². The minimum atomic E-state index is -0.00144. The van der Waals surface area contributed by atoms with Crippen molar-refractivity contribution in [2.75, 3.05) is 13.6 Å². The number of aliphatic imine (C=N–C) groups is 1. The maximum atomic E-state index is 5.96. The van der Waals surface area contributed by atoms with E-state index in [4.69, 9.17) is 5.84 Å². The molecule has 3 aliphatic rings. The smallest absolute Gasteiger partial charge is 0.139 e. The van der Waals surface area contributed by atoms with Crippen LogP contribution in [0.15, 0.2) is 52.6 Å². The second kappa shape index (κ2) is 4.23. The number of allylic oxidation sites excluding steroid dienone is 2. The van der Waals surface area contributed by atoms with Crippen molar-refractivity contribution in [3.05, 3.63) is 47.6 Å². The van der Waals surface area contributed by atoms with Crippen LogP contribution in [0.25, 0.3) is 0 Å². The molecule has 18 heavy (non-hydrogen) atoms. The van der Waals surface area contributed by atoms with Crippen molar-refractivity contribution in [3.63, 3.8) is 0 Å². The molecule has 0 amide bonds. The van der Waals surface area contributed by atoms with Gasteiger partial charge >= 0.3 is 0 Å². The van der Waals surface area contributed by atoms with Gasteiger partial charge in [-0.2, -0.15) is 0 Å². The summed E-state index contributed by atoms with van der Waals surface area (Å²) in [5, 5.41) is 11.2. The molecule has 3 heterocycles. The Morgan fingerprint density at radius 1 is 1.56 bits per heavy atom. The third-order valence-electron chi connectivity index (χ3n) is 3.12. The second-order valence-electron chi connectivity index (χ2n) is 4.22. The predicted octanol–water partition coefficient (Wildman–Crippen LogP) is -0.508. The summed E-state index contributed by atoms with van der Waals surface area (Å²) in [6.07, 6.45) is 9.82. The van der Waals surface area contributed by atoms with Gasteiger partial charge in [-0.15, -0.1) is 0 Å². The maximum Gasteiger partial charge on any atom is 0.139 e. The third-order valence-corrected chi connectivity index (χ3v) is 3.12. The van der Waals surface area contributed by atoms with Crippen LogP contribution in [-0.2, 0) is 0 Å². The summed E-state index contributed by atoms with van der Waals surface area (Å²) in [5.41, 5.74) is 2.16. The van der Waals surface area contributed by atoms with E-state index in [0.717, 1.165) is 29.3 Å². The summed E-state index contributed by atoms with van der Waals surface area (Å²) in [6.45, 7) is 0.762. The lowest BCUT2D eigenvalue weighted by molar-refractivity contribution is 0.314. The van der Waals surface area contributed by atoms with Crippen LogP contribution < -0.4 is 21.8 Å². The number of nitrogens with two attached hydrogens (primary N) is 1. The van der Waals surface area contributed by atoms with E-state index in [1.165, 1.54) is 0 Å². The molecule has 0 fully saturated rings. The first-order valence-electron chi connectivity index (χ1n) is 5.88. The van der Waals surface area contributed by atoms with Gasteiger partial charge in [0.05, 0.1) is 0 Å². The molecular formula is C12H16N6. The molecule has 3 aliphatic heterocycles. The number of nitrogens with zero attached hydrogens (tertiary/aromatic N) is 2. The van der Waals surface area contributed by atoms with Gasteiger partial charge in [0.2, 0.25) is 0 Å². The minimum absolute atomic E-state index is 0.00144. The van der Waals surface area contributed by atoms with Gasteiger partial charge in [0.1, 0.15) is 17.8 Å². The van der Waals surface area contributed by atoms with Crippen molar-refractivity contribution in [1.82, 2.24) is 21.0 Å². The van der Waals surface area contributed by atoms with Gasteiger partial charge in [0.15, 0.2) is 0 Å². The van der Waals surface area contributed by atoms with Crippen LogP contribution in [0.2, 0.25) is 0 Å². The van der Waals surface area contributed by atoms with Gasteiger partial charge in [0, 0.05) is 30.9 Å². The highest BCUT2D eigenvalue weighted by molar-refractivity contribution is 6.04. The molecule has 0 aliphatic carbocycles. The van der Waals surface area contributed by atoms with E-state index in [1.54, 1.807) is 5.01 Å². The zero-order chi connectivity index (χ0) is 12.5. The molecule has 0 aromatic carbocycles. The third kappa shape index (κ3) is 1.67. The average Bonchev–Trinajstić information content (AvgIpc) is 2.77. The number of dihydropyridines is 1. The van der Waals surface area contributed by atoms with Crippen molar-refractivity contribution in [1.29, 1.82) is 0 Å². The van der Waals surface area contributed by atoms with Crippen LogP contribution in [0.1, 0.15) is 0 Å². The van der Waals surface area contributed by atoms with Gasteiger partial charge in [-0.1, -0.05) is 6.08 Å². The monoisotopic (exact) mass is 244 g/mol. The topological polar surface area (TPSA) is 77.7 Å². The Kier molecular flexibility index (Phi) is 2.56. The normalized spacial score (nSPS) is 25.2. The first-order valence-corrected chi connectivity index (χ1v) is 5.88. The number of hydrazine groups is 1. The molecule has 0 spiro atoms. The van der Waals surface area contributed by atoms with Gasteiger partial charge in [-0.3, -0.25) is 5.01 Å². The largest absolute Gasteiger partial charge is 0.373 e. The van der Waals surface area contributed by atoms with E-state index in [9.17, 15) is 0 Å². The fourth-order valence-electron chi connectivity index (χ4n) is 2.22. The minimum Gasteiger partial charge on any atom is -0.373 e. The van der Waals surface area contributed by atoms with Gasteiger partial charge in [-0.05, 0) is 18.4 Å². The van der Waals surface area contributed by atoms with Crippen LogP contribution in [0, 0.1) is 0 Å². The molecule has 1 atom stereocenters. The van der Waals surface area contributed by atoms with Crippen molar-refractivity contribution in [3.8, 4) is 0 Å². The number of amidine groups is 1. The molecule has 1 unspecified atom stereocenters. The number of fused-ring (bicyclic) bond motifs is 1. The molecule has 6 heteroatoms. The summed E-state index contributed by atoms with van der Waals surface area (Å²) in [4.78, 5) is 4.52. The first kappa shape index (κ1) is 10.9. The Bertz CT molecular complexity index is 511. The molecule has 0 aromatic rings. The van der Waals surface area contributed by atoms with Crippen molar-refractivity contribution in [2.24, 2.45) is 10.8 Å². The zero-order valence-electron chi connectivity index (χ0n) is 10.1. The summed E-state index contributed by atoms with van der Waals surface area (Å²) >= 11 is 0. The highest BCUT2D eigenvalue weighted by Gasteiger charge is 2.31. The fourth-order valence-corrected chi connectivity index (χ4v) is 2.22. The average molecular weight is 244 g/mol. The molecule has 0 radical (unpaired) electrons. The van der Waals surface area contributed by atoms with Crippen LogP contribution >= 0.6 is 0 Å². The molecule has 94 valence electrons. The highest BCUT2D eigenvalue weighted by atomic mass is 15.5. The second-order valence-corrected chi connectivity index (χ2v) is 4.22. The number of rotatable bonds is 2. The summed E-state index contributed by atoms with van der Waals surface area (Å²) in [5.74, 6) is 7.68. The zero-order valence-corrected chi connectivity index (χ0v) is 10.1. The molecule has 0 saturated heterocycles. The van der Waals surface area contributed by atoms with E-state index >= 15 is 0 Å². The SMILES string of the molecule is CNC1=CCNC(C2=CN(N)C3NC=CC=C23)=N1.